The Kier molecular flexibility index (Phi) is 3.88. The molecular formula is C13H6BrClFN3OS. The van der Waals surface area contributed by atoms with Gasteiger partial charge in [0.05, 0.1) is 28.0 Å². The van der Waals surface area contributed by atoms with Crippen LogP contribution in [0.5, 0.6) is 0 Å². The molecular weight excluding hydrogens is 381 g/mol. The van der Waals surface area contributed by atoms with Crippen LogP contribution in [-0.4, -0.2) is 14.7 Å². The van der Waals surface area contributed by atoms with Crippen LogP contribution < -0.4 is 5.32 Å². The van der Waals surface area contributed by atoms with Crippen LogP contribution in [0, 0.1) is 5.82 Å². The molecule has 1 heterocycles. The number of nitrogens with zero attached hydrogens (tertiary/aromatic N) is 2. The van der Waals surface area contributed by atoms with Gasteiger partial charge in [-0.25, -0.2) is 4.39 Å². The van der Waals surface area contributed by atoms with E-state index in [-0.39, 0.29) is 5.56 Å². The first-order chi connectivity index (χ1) is 10.1. The maximum Gasteiger partial charge on any atom is 0.259 e. The third kappa shape index (κ3) is 2.64. The minimum atomic E-state index is -0.624. The zero-order chi connectivity index (χ0) is 15.0. The third-order valence-electron chi connectivity index (χ3n) is 2.81. The van der Waals surface area contributed by atoms with E-state index >= 15 is 0 Å². The van der Waals surface area contributed by atoms with Gasteiger partial charge in [-0.3, -0.25) is 4.79 Å². The Morgan fingerprint density at radius 1 is 1.29 bits per heavy atom. The first kappa shape index (κ1) is 14.4. The molecule has 106 valence electrons. The topological polar surface area (TPSA) is 54.9 Å². The number of nitrogens with one attached hydrogen (secondary N) is 1. The Morgan fingerprint density at radius 2 is 2.10 bits per heavy atom. The van der Waals surface area contributed by atoms with E-state index in [1.807, 2.05) is 0 Å². The van der Waals surface area contributed by atoms with Crippen molar-refractivity contribution in [1.82, 2.24) is 8.75 Å². The van der Waals surface area contributed by atoms with Gasteiger partial charge in [-0.1, -0.05) is 17.7 Å². The Balaban J connectivity index is 2.04. The number of amides is 1. The molecule has 0 unspecified atom stereocenters. The van der Waals surface area contributed by atoms with Gasteiger partial charge in [-0.15, -0.1) is 0 Å². The number of carbonyl (C=O) groups excluding carboxylic acids is 1. The molecule has 2 aromatic carbocycles. The molecule has 4 nitrogen and oxygen atoms in total. The van der Waals surface area contributed by atoms with E-state index in [1.165, 1.54) is 12.1 Å². The van der Waals surface area contributed by atoms with E-state index < -0.39 is 11.7 Å². The van der Waals surface area contributed by atoms with Gasteiger partial charge in [-0.05, 0) is 40.2 Å². The Morgan fingerprint density at radius 3 is 2.86 bits per heavy atom. The van der Waals surface area contributed by atoms with Crippen molar-refractivity contribution in [2.24, 2.45) is 0 Å². The Bertz CT molecular complexity index is 834. The maximum atomic E-state index is 13.8. The molecule has 21 heavy (non-hydrogen) atoms. The smallest absolute Gasteiger partial charge is 0.259 e. The van der Waals surface area contributed by atoms with Crippen molar-refractivity contribution in [3.63, 3.8) is 0 Å². The summed E-state index contributed by atoms with van der Waals surface area (Å²) in [6.07, 6.45) is 0. The highest BCUT2D eigenvalue weighted by Crippen LogP contribution is 2.31. The van der Waals surface area contributed by atoms with Crippen molar-refractivity contribution < 1.29 is 9.18 Å². The summed E-state index contributed by atoms with van der Waals surface area (Å²) in [5.41, 5.74) is 1.33. The summed E-state index contributed by atoms with van der Waals surface area (Å²) in [5, 5.41) is 2.92. The lowest BCUT2D eigenvalue weighted by molar-refractivity contribution is 0.102. The van der Waals surface area contributed by atoms with Crippen LogP contribution in [0.15, 0.2) is 34.8 Å². The summed E-state index contributed by atoms with van der Waals surface area (Å²) in [7, 11) is 0. The fourth-order valence-corrected chi connectivity index (χ4v) is 3.10. The number of aromatic nitrogens is 2. The van der Waals surface area contributed by atoms with Crippen molar-refractivity contribution in [3.05, 3.63) is 51.2 Å². The van der Waals surface area contributed by atoms with Gasteiger partial charge in [0.2, 0.25) is 0 Å². The number of hydrogen-bond acceptors (Lipinski definition) is 4. The van der Waals surface area contributed by atoms with Crippen LogP contribution in [0.4, 0.5) is 10.1 Å². The van der Waals surface area contributed by atoms with E-state index in [2.05, 4.69) is 30.0 Å². The monoisotopic (exact) mass is 385 g/mol. The van der Waals surface area contributed by atoms with Crippen molar-refractivity contribution in [2.75, 3.05) is 5.32 Å². The highest BCUT2D eigenvalue weighted by molar-refractivity contribution is 9.10. The molecule has 0 aliphatic carbocycles. The molecule has 0 saturated heterocycles. The highest BCUT2D eigenvalue weighted by atomic mass is 79.9. The van der Waals surface area contributed by atoms with Crippen molar-refractivity contribution in [2.45, 2.75) is 0 Å². The molecule has 0 atom stereocenters. The minimum absolute atomic E-state index is 0.0891. The number of hydrogen-bond donors (Lipinski definition) is 1. The Labute approximate surface area is 136 Å². The third-order valence-corrected chi connectivity index (χ3v) is 4.32. The van der Waals surface area contributed by atoms with E-state index in [9.17, 15) is 9.18 Å². The second-order valence-electron chi connectivity index (χ2n) is 4.11. The average molecular weight is 387 g/mol. The molecule has 0 spiro atoms. The SMILES string of the molecule is O=C(Nc1c(Cl)ccc2nsnc12)c1c(F)cccc1Br. The highest BCUT2D eigenvalue weighted by Gasteiger charge is 2.19. The molecule has 0 aliphatic heterocycles. The van der Waals surface area contributed by atoms with Crippen molar-refractivity contribution in [3.8, 4) is 0 Å². The van der Waals surface area contributed by atoms with Crippen molar-refractivity contribution in [1.29, 1.82) is 0 Å². The van der Waals surface area contributed by atoms with Gasteiger partial charge in [0.25, 0.3) is 5.91 Å². The van der Waals surface area contributed by atoms with E-state index in [0.717, 1.165) is 11.7 Å². The van der Waals surface area contributed by atoms with E-state index in [4.69, 9.17) is 11.6 Å². The standard InChI is InChI=1S/C13H6BrClFN3OS/c14-6-2-1-3-8(16)10(6)13(20)17-11-7(15)4-5-9-12(11)19-21-18-9/h1-5H,(H,17,20). The molecule has 1 aromatic heterocycles. The van der Waals surface area contributed by atoms with Crippen LogP contribution in [0.25, 0.3) is 11.0 Å². The lowest BCUT2D eigenvalue weighted by Gasteiger charge is -2.09. The number of anilines is 1. The molecule has 0 fully saturated rings. The summed E-state index contributed by atoms with van der Waals surface area (Å²) < 4.78 is 22.3. The van der Waals surface area contributed by atoms with Crippen LogP contribution in [-0.2, 0) is 0 Å². The first-order valence-corrected chi connectivity index (χ1v) is 7.64. The molecule has 1 N–H and O–H groups in total. The van der Waals surface area contributed by atoms with Gasteiger partial charge in [0.15, 0.2) is 0 Å². The molecule has 8 heteroatoms. The van der Waals surface area contributed by atoms with Crippen LogP contribution >= 0.6 is 39.3 Å². The molecule has 0 aliphatic rings. The molecule has 0 radical (unpaired) electrons. The lowest BCUT2D eigenvalue weighted by Crippen LogP contribution is -2.15. The summed E-state index contributed by atoms with van der Waals surface area (Å²) in [4.78, 5) is 12.3. The number of carbonyl (C=O) groups is 1. The molecule has 3 rings (SSSR count). The summed E-state index contributed by atoms with van der Waals surface area (Å²) in [6.45, 7) is 0. The summed E-state index contributed by atoms with van der Waals surface area (Å²) >= 11 is 10.3. The number of benzene rings is 2. The molecule has 1 amide bonds. The van der Waals surface area contributed by atoms with Crippen molar-refractivity contribution >= 4 is 61.9 Å². The normalized spacial score (nSPS) is 10.8. The predicted octanol–water partition coefficient (Wildman–Crippen LogP) is 4.50. The first-order valence-electron chi connectivity index (χ1n) is 5.74. The summed E-state index contributed by atoms with van der Waals surface area (Å²) in [6, 6.07) is 7.62. The predicted molar refractivity (Wildman–Crippen MR) is 84.5 cm³/mol. The van der Waals surface area contributed by atoms with Gasteiger partial charge >= 0.3 is 0 Å². The fraction of sp³-hybridized carbons (Fsp3) is 0. The second-order valence-corrected chi connectivity index (χ2v) is 5.90. The molecule has 0 saturated carbocycles. The van der Waals surface area contributed by atoms with Gasteiger partial charge in [0.1, 0.15) is 16.9 Å². The van der Waals surface area contributed by atoms with Crippen LogP contribution in [0.3, 0.4) is 0 Å². The summed E-state index contributed by atoms with van der Waals surface area (Å²) in [5.74, 6) is -1.23. The maximum absolute atomic E-state index is 13.8. The van der Waals surface area contributed by atoms with Gasteiger partial charge in [0, 0.05) is 4.47 Å². The molecule has 0 bridgehead atoms. The minimum Gasteiger partial charge on any atom is -0.319 e. The van der Waals surface area contributed by atoms with Crippen LogP contribution in [0.1, 0.15) is 10.4 Å². The number of rotatable bonds is 2. The largest absolute Gasteiger partial charge is 0.319 e. The van der Waals surface area contributed by atoms with E-state index in [0.29, 0.717) is 26.2 Å². The van der Waals surface area contributed by atoms with Crippen LogP contribution in [0.2, 0.25) is 5.02 Å². The zero-order valence-corrected chi connectivity index (χ0v) is 13.4. The second kappa shape index (κ2) is 5.67. The fourth-order valence-electron chi connectivity index (χ4n) is 1.84. The molecule has 3 aromatic rings. The number of fused-ring (bicyclic) bond motifs is 1. The van der Waals surface area contributed by atoms with Gasteiger partial charge < -0.3 is 5.32 Å². The number of halogens is 3. The van der Waals surface area contributed by atoms with Gasteiger partial charge in [-0.2, -0.15) is 8.75 Å². The average Bonchev–Trinajstić information content (AvgIpc) is 2.90. The zero-order valence-electron chi connectivity index (χ0n) is 10.2. The quantitative estimate of drug-likeness (QED) is 0.705. The Hall–Kier alpha value is -1.57. The lowest BCUT2D eigenvalue weighted by atomic mass is 10.2. The van der Waals surface area contributed by atoms with E-state index in [1.54, 1.807) is 18.2 Å².